The van der Waals surface area contributed by atoms with E-state index in [2.05, 4.69) is 48.3 Å². The average Bonchev–Trinajstić information content (AvgIpc) is 1.89. The summed E-state index contributed by atoms with van der Waals surface area (Å²) in [6.07, 6.45) is 4.27. The number of unbranched alkanes of at least 4 members (excludes halogenated alkanes) is 1. The summed E-state index contributed by atoms with van der Waals surface area (Å²) in [5, 5.41) is 8.55. The molecule has 0 aliphatic carbocycles. The van der Waals surface area contributed by atoms with Crippen molar-refractivity contribution in [1.29, 1.82) is 5.26 Å². The zero-order chi connectivity index (χ0) is 7.98. The molecular weight excluding hydrogens is 259 g/mol. The van der Waals surface area contributed by atoms with Gasteiger partial charge in [-0.3, -0.25) is 4.90 Å². The molecule has 0 amide bonds. The van der Waals surface area contributed by atoms with Crippen molar-refractivity contribution in [3.8, 4) is 6.19 Å². The predicted molar refractivity (Wildman–Crippen MR) is 54.0 cm³/mol. The van der Waals surface area contributed by atoms with Crippen molar-refractivity contribution in [2.75, 3.05) is 6.54 Å². The molecule has 0 saturated heterocycles. The molecule has 2 nitrogen and oxygen atoms in total. The highest BCUT2D eigenvalue weighted by molar-refractivity contribution is 14.1. The summed E-state index contributed by atoms with van der Waals surface area (Å²) in [6, 6.07) is 0. The Morgan fingerprint density at radius 2 is 2.40 bits per heavy atom. The Balaban J connectivity index is 3.53. The van der Waals surface area contributed by atoms with Crippen molar-refractivity contribution in [3.05, 3.63) is 0 Å². The Kier molecular flexibility index (Phi) is 6.33. The van der Waals surface area contributed by atoms with E-state index in [-0.39, 0.29) is 3.38 Å². The zero-order valence-corrected chi connectivity index (χ0v) is 8.97. The Hall–Kier alpha value is 0.370. The van der Waals surface area contributed by atoms with E-state index in [1.165, 1.54) is 0 Å². The number of hydrogen-bond donors (Lipinski definition) is 1. The van der Waals surface area contributed by atoms with Crippen LogP contribution in [0.1, 0.15) is 19.8 Å². The van der Waals surface area contributed by atoms with Gasteiger partial charge in [-0.25, -0.2) is 0 Å². The standard InChI is InChI=1S/C6H11IN2S/c1-2-3-4-9(5-8)6(7)10/h6,10H,2-4H2,1H3. The van der Waals surface area contributed by atoms with Crippen molar-refractivity contribution in [3.63, 3.8) is 0 Å². The molecule has 1 unspecified atom stereocenters. The number of thiol groups is 1. The van der Waals surface area contributed by atoms with Crippen LogP contribution in [-0.4, -0.2) is 14.8 Å². The van der Waals surface area contributed by atoms with E-state index < -0.39 is 0 Å². The van der Waals surface area contributed by atoms with Gasteiger partial charge in [0.15, 0.2) is 6.19 Å². The minimum Gasteiger partial charge on any atom is -0.289 e. The van der Waals surface area contributed by atoms with Gasteiger partial charge < -0.3 is 0 Å². The quantitative estimate of drug-likeness (QED) is 0.161. The number of halogens is 1. The fourth-order valence-electron chi connectivity index (χ4n) is 0.533. The number of nitrogens with zero attached hydrogens (tertiary/aromatic N) is 2. The van der Waals surface area contributed by atoms with Gasteiger partial charge in [0.1, 0.15) is 3.38 Å². The second-order valence-corrected chi connectivity index (χ2v) is 4.61. The molecule has 0 aliphatic rings. The first-order chi connectivity index (χ1) is 4.72. The number of hydrogen-bond acceptors (Lipinski definition) is 3. The minimum atomic E-state index is 0.0224. The number of rotatable bonds is 4. The molecule has 0 N–H and O–H groups in total. The van der Waals surface area contributed by atoms with Gasteiger partial charge in [0, 0.05) is 6.54 Å². The van der Waals surface area contributed by atoms with Gasteiger partial charge in [0.05, 0.1) is 0 Å². The second-order valence-electron chi connectivity index (χ2n) is 1.96. The molecule has 1 atom stereocenters. The van der Waals surface area contributed by atoms with Gasteiger partial charge in [-0.05, 0) is 29.0 Å². The van der Waals surface area contributed by atoms with E-state index in [0.717, 1.165) is 19.4 Å². The van der Waals surface area contributed by atoms with Crippen LogP contribution in [0, 0.1) is 11.5 Å². The van der Waals surface area contributed by atoms with E-state index in [9.17, 15) is 0 Å². The lowest BCUT2D eigenvalue weighted by Crippen LogP contribution is -2.22. The van der Waals surface area contributed by atoms with Crippen LogP contribution in [0.2, 0.25) is 0 Å². The molecule has 0 bridgehead atoms. The highest BCUT2D eigenvalue weighted by atomic mass is 127. The molecule has 0 rings (SSSR count). The van der Waals surface area contributed by atoms with Crippen molar-refractivity contribution in [2.45, 2.75) is 23.1 Å². The molecule has 0 aromatic carbocycles. The molecule has 0 fully saturated rings. The summed E-state index contributed by atoms with van der Waals surface area (Å²) in [5.74, 6) is 0. The Morgan fingerprint density at radius 1 is 1.80 bits per heavy atom. The van der Waals surface area contributed by atoms with Gasteiger partial charge in [-0.15, -0.1) is 12.6 Å². The topological polar surface area (TPSA) is 27.0 Å². The van der Waals surface area contributed by atoms with E-state index >= 15 is 0 Å². The lowest BCUT2D eigenvalue weighted by Gasteiger charge is -2.16. The summed E-state index contributed by atoms with van der Waals surface area (Å²) in [7, 11) is 0. The molecule has 0 saturated carbocycles. The fourth-order valence-corrected chi connectivity index (χ4v) is 1.10. The van der Waals surface area contributed by atoms with E-state index in [4.69, 9.17) is 5.26 Å². The molecule has 0 radical (unpaired) electrons. The van der Waals surface area contributed by atoms with Crippen LogP contribution >= 0.6 is 35.2 Å². The summed E-state index contributed by atoms with van der Waals surface area (Å²) < 4.78 is 0.0224. The van der Waals surface area contributed by atoms with Crippen LogP contribution < -0.4 is 0 Å². The first-order valence-corrected chi connectivity index (χ1v) is 4.97. The lowest BCUT2D eigenvalue weighted by molar-refractivity contribution is 0.433. The van der Waals surface area contributed by atoms with Crippen LogP contribution in [0.3, 0.4) is 0 Å². The Labute approximate surface area is 81.1 Å². The van der Waals surface area contributed by atoms with E-state index in [1.807, 2.05) is 0 Å². The third kappa shape index (κ3) is 4.23. The highest BCUT2D eigenvalue weighted by Crippen LogP contribution is 2.11. The molecule has 4 heteroatoms. The molecular formula is C6H11IN2S. The summed E-state index contributed by atoms with van der Waals surface area (Å²) >= 11 is 6.25. The second kappa shape index (κ2) is 6.10. The summed E-state index contributed by atoms with van der Waals surface area (Å²) in [6.45, 7) is 2.93. The summed E-state index contributed by atoms with van der Waals surface area (Å²) in [5.41, 5.74) is 0. The Bertz CT molecular complexity index is 121. The van der Waals surface area contributed by atoms with Crippen LogP contribution in [0.25, 0.3) is 0 Å². The normalized spacial score (nSPS) is 12.2. The monoisotopic (exact) mass is 270 g/mol. The minimum absolute atomic E-state index is 0.0224. The zero-order valence-electron chi connectivity index (χ0n) is 5.92. The van der Waals surface area contributed by atoms with Crippen molar-refractivity contribution < 1.29 is 0 Å². The third-order valence-electron chi connectivity index (χ3n) is 1.14. The van der Waals surface area contributed by atoms with Gasteiger partial charge in [-0.1, -0.05) is 13.3 Å². The van der Waals surface area contributed by atoms with Crippen LogP contribution in [0.5, 0.6) is 0 Å². The average molecular weight is 270 g/mol. The Morgan fingerprint density at radius 3 is 2.70 bits per heavy atom. The highest BCUT2D eigenvalue weighted by Gasteiger charge is 2.06. The number of alkyl halides is 1. The molecule has 0 spiro atoms. The van der Waals surface area contributed by atoms with Crippen molar-refractivity contribution >= 4 is 35.2 Å². The van der Waals surface area contributed by atoms with Crippen LogP contribution in [0.15, 0.2) is 0 Å². The largest absolute Gasteiger partial charge is 0.289 e. The first-order valence-electron chi connectivity index (χ1n) is 3.21. The molecule has 0 aromatic heterocycles. The maximum absolute atomic E-state index is 8.55. The van der Waals surface area contributed by atoms with Gasteiger partial charge in [0.25, 0.3) is 0 Å². The SMILES string of the molecule is CCCCN(C#N)C(S)I. The van der Waals surface area contributed by atoms with Crippen LogP contribution in [0.4, 0.5) is 0 Å². The molecule has 10 heavy (non-hydrogen) atoms. The maximum atomic E-state index is 8.55. The van der Waals surface area contributed by atoms with Gasteiger partial charge in [0.2, 0.25) is 0 Å². The smallest absolute Gasteiger partial charge is 0.180 e. The van der Waals surface area contributed by atoms with Crippen molar-refractivity contribution in [1.82, 2.24) is 4.90 Å². The summed E-state index contributed by atoms with van der Waals surface area (Å²) in [4.78, 5) is 1.66. The molecule has 58 valence electrons. The third-order valence-corrected chi connectivity index (χ3v) is 2.09. The maximum Gasteiger partial charge on any atom is 0.180 e. The first kappa shape index (κ1) is 10.4. The predicted octanol–water partition coefficient (Wildman–Crippen LogP) is 2.22. The van der Waals surface area contributed by atoms with Crippen molar-refractivity contribution in [2.24, 2.45) is 0 Å². The molecule has 0 aliphatic heterocycles. The van der Waals surface area contributed by atoms with Gasteiger partial charge >= 0.3 is 0 Å². The molecule has 0 heterocycles. The number of nitriles is 1. The lowest BCUT2D eigenvalue weighted by atomic mass is 10.3. The molecule has 0 aromatic rings. The van der Waals surface area contributed by atoms with Crippen LogP contribution in [-0.2, 0) is 0 Å². The van der Waals surface area contributed by atoms with E-state index in [0.29, 0.717) is 0 Å². The van der Waals surface area contributed by atoms with Gasteiger partial charge in [-0.2, -0.15) is 5.26 Å². The van der Waals surface area contributed by atoms with E-state index in [1.54, 1.807) is 4.90 Å². The fraction of sp³-hybridized carbons (Fsp3) is 0.833.